The number of hydrogen-bond donors (Lipinski definition) is 1. The molecule has 7 heteroatoms. The fraction of sp³-hybridized carbons (Fsp3) is 0.500. The molecule has 1 aliphatic rings. The molecule has 0 aromatic carbocycles. The predicted molar refractivity (Wildman–Crippen MR) is 84.3 cm³/mol. The third-order valence-electron chi connectivity index (χ3n) is 3.96. The smallest absolute Gasteiger partial charge is 0.252 e. The summed E-state index contributed by atoms with van der Waals surface area (Å²) in [6.45, 7) is 1.31. The van der Waals surface area contributed by atoms with Crippen molar-refractivity contribution in [3.63, 3.8) is 0 Å². The Morgan fingerprint density at radius 2 is 2.04 bits per heavy atom. The van der Waals surface area contributed by atoms with Gasteiger partial charge in [0, 0.05) is 19.3 Å². The minimum absolute atomic E-state index is 0.117. The van der Waals surface area contributed by atoms with Gasteiger partial charge in [0.2, 0.25) is 0 Å². The molecule has 0 atom stereocenters. The normalized spacial score (nSPS) is 15.0. The minimum Gasteiger partial charge on any atom is -0.378 e. The Bertz CT molecular complexity index is 606. The first-order valence-electron chi connectivity index (χ1n) is 8.04. The molecule has 23 heavy (non-hydrogen) atoms. The molecule has 1 N–H and O–H groups in total. The summed E-state index contributed by atoms with van der Waals surface area (Å²) in [5.74, 6) is 0.560. The number of carbonyl (C=O) groups is 1. The van der Waals surface area contributed by atoms with Crippen LogP contribution < -0.4 is 5.32 Å². The van der Waals surface area contributed by atoms with Gasteiger partial charge in [-0.2, -0.15) is 0 Å². The molecule has 3 rings (SSSR count). The lowest BCUT2D eigenvalue weighted by molar-refractivity contribution is 0.0565. The van der Waals surface area contributed by atoms with Gasteiger partial charge in [0.15, 0.2) is 0 Å². The van der Waals surface area contributed by atoms with Gasteiger partial charge in [-0.15, -0.1) is 10.2 Å². The van der Waals surface area contributed by atoms with Crippen LogP contribution in [0.15, 0.2) is 31.0 Å². The number of pyridine rings is 1. The summed E-state index contributed by atoms with van der Waals surface area (Å²) in [5.41, 5.74) is 0.540. The number of carbonyl (C=O) groups excluding carboxylic acids is 1. The largest absolute Gasteiger partial charge is 0.378 e. The molecule has 1 aliphatic carbocycles. The van der Waals surface area contributed by atoms with Gasteiger partial charge in [0.1, 0.15) is 18.5 Å². The first-order chi connectivity index (χ1) is 11.3. The minimum atomic E-state index is -0.117. The highest BCUT2D eigenvalue weighted by molar-refractivity contribution is 5.93. The van der Waals surface area contributed by atoms with Gasteiger partial charge in [-0.3, -0.25) is 9.36 Å². The molecule has 7 nitrogen and oxygen atoms in total. The lowest BCUT2D eigenvalue weighted by Crippen LogP contribution is -2.25. The maximum atomic E-state index is 12.0. The van der Waals surface area contributed by atoms with E-state index in [1.54, 1.807) is 35.6 Å². The van der Waals surface area contributed by atoms with Gasteiger partial charge in [-0.25, -0.2) is 4.98 Å². The first kappa shape index (κ1) is 15.6. The standard InChI is InChI=1S/C16H21N5O2/c22-16(17-8-3-9-23-14-4-1-2-5-14)13-6-7-15(18-10-13)21-11-19-20-12-21/h6-7,10-12,14H,1-5,8-9H2,(H,17,22). The molecule has 2 aromatic rings. The van der Waals surface area contributed by atoms with Crippen LogP contribution >= 0.6 is 0 Å². The Kier molecular flexibility index (Phi) is 5.31. The van der Waals surface area contributed by atoms with Crippen LogP contribution in [-0.4, -0.2) is 44.9 Å². The van der Waals surface area contributed by atoms with Gasteiger partial charge >= 0.3 is 0 Å². The number of ether oxygens (including phenoxy) is 1. The fourth-order valence-electron chi connectivity index (χ4n) is 2.67. The van der Waals surface area contributed by atoms with Crippen LogP contribution in [0.25, 0.3) is 5.82 Å². The Morgan fingerprint density at radius 1 is 1.26 bits per heavy atom. The highest BCUT2D eigenvalue weighted by Gasteiger charge is 2.14. The van der Waals surface area contributed by atoms with Gasteiger partial charge in [0.05, 0.1) is 11.7 Å². The summed E-state index contributed by atoms with van der Waals surface area (Å²) in [7, 11) is 0. The molecule has 1 amide bonds. The van der Waals surface area contributed by atoms with Crippen LogP contribution in [0.3, 0.4) is 0 Å². The molecule has 0 unspecified atom stereocenters. The van der Waals surface area contributed by atoms with Gasteiger partial charge in [0.25, 0.3) is 5.91 Å². The SMILES string of the molecule is O=C(NCCCOC1CCCC1)c1ccc(-n2cnnc2)nc1. The second kappa shape index (κ2) is 7.82. The number of rotatable bonds is 7. The molecule has 1 saturated carbocycles. The third kappa shape index (κ3) is 4.35. The summed E-state index contributed by atoms with van der Waals surface area (Å²) in [6, 6.07) is 3.51. The van der Waals surface area contributed by atoms with Crippen LogP contribution in [0.1, 0.15) is 42.5 Å². The average molecular weight is 315 g/mol. The Hall–Kier alpha value is -2.28. The third-order valence-corrected chi connectivity index (χ3v) is 3.96. The van der Waals surface area contributed by atoms with E-state index in [2.05, 4.69) is 20.5 Å². The van der Waals surface area contributed by atoms with Gasteiger partial charge in [-0.05, 0) is 31.4 Å². The topological polar surface area (TPSA) is 81.9 Å². The lowest BCUT2D eigenvalue weighted by Gasteiger charge is -2.11. The quantitative estimate of drug-likeness (QED) is 0.787. The zero-order valence-electron chi connectivity index (χ0n) is 13.0. The molecule has 0 saturated heterocycles. The van der Waals surface area contributed by atoms with E-state index in [0.29, 0.717) is 30.6 Å². The highest BCUT2D eigenvalue weighted by atomic mass is 16.5. The molecule has 0 spiro atoms. The van der Waals surface area contributed by atoms with Crippen LogP contribution in [0, 0.1) is 0 Å². The monoisotopic (exact) mass is 315 g/mol. The average Bonchev–Trinajstić information content (AvgIpc) is 3.28. The summed E-state index contributed by atoms with van der Waals surface area (Å²) >= 11 is 0. The van der Waals surface area contributed by atoms with Crippen molar-refractivity contribution in [3.05, 3.63) is 36.5 Å². The van der Waals surface area contributed by atoms with Gasteiger partial charge < -0.3 is 10.1 Å². The van der Waals surface area contributed by atoms with E-state index in [-0.39, 0.29) is 5.91 Å². The predicted octanol–water partition coefficient (Wildman–Crippen LogP) is 1.74. The molecule has 2 aromatic heterocycles. The molecular weight excluding hydrogens is 294 g/mol. The van der Waals surface area contributed by atoms with Crippen molar-refractivity contribution in [2.75, 3.05) is 13.2 Å². The molecular formula is C16H21N5O2. The Labute approximate surface area is 135 Å². The molecule has 2 heterocycles. The van der Waals surface area contributed by atoms with Gasteiger partial charge in [-0.1, -0.05) is 12.8 Å². The zero-order valence-corrected chi connectivity index (χ0v) is 13.0. The molecule has 1 fully saturated rings. The van der Waals surface area contributed by atoms with Crippen molar-refractivity contribution in [2.24, 2.45) is 0 Å². The van der Waals surface area contributed by atoms with Crippen molar-refractivity contribution < 1.29 is 9.53 Å². The van der Waals surface area contributed by atoms with Crippen LogP contribution in [0.2, 0.25) is 0 Å². The maximum absolute atomic E-state index is 12.0. The van der Waals surface area contributed by atoms with E-state index < -0.39 is 0 Å². The molecule has 0 aliphatic heterocycles. The van der Waals surface area contributed by atoms with E-state index in [1.807, 2.05) is 0 Å². The van der Waals surface area contributed by atoms with E-state index in [9.17, 15) is 4.79 Å². The van der Waals surface area contributed by atoms with E-state index >= 15 is 0 Å². The van der Waals surface area contributed by atoms with Crippen molar-refractivity contribution in [1.82, 2.24) is 25.1 Å². The van der Waals surface area contributed by atoms with Crippen molar-refractivity contribution in [3.8, 4) is 5.82 Å². The summed E-state index contributed by atoms with van der Waals surface area (Å²) < 4.78 is 7.45. The molecule has 122 valence electrons. The number of amides is 1. The second-order valence-corrected chi connectivity index (χ2v) is 5.66. The van der Waals surface area contributed by atoms with Crippen molar-refractivity contribution >= 4 is 5.91 Å². The lowest BCUT2D eigenvalue weighted by atomic mass is 10.2. The number of aromatic nitrogens is 4. The second-order valence-electron chi connectivity index (χ2n) is 5.66. The molecule has 0 radical (unpaired) electrons. The number of nitrogens with zero attached hydrogens (tertiary/aromatic N) is 4. The van der Waals surface area contributed by atoms with E-state index in [0.717, 1.165) is 6.42 Å². The fourth-order valence-corrected chi connectivity index (χ4v) is 2.67. The summed E-state index contributed by atoms with van der Waals surface area (Å²) in [6.07, 6.45) is 10.8. The highest BCUT2D eigenvalue weighted by Crippen LogP contribution is 2.20. The zero-order chi connectivity index (χ0) is 15.9. The summed E-state index contributed by atoms with van der Waals surface area (Å²) in [5, 5.41) is 10.3. The van der Waals surface area contributed by atoms with Crippen LogP contribution in [-0.2, 0) is 4.74 Å². The summed E-state index contributed by atoms with van der Waals surface area (Å²) in [4.78, 5) is 16.3. The number of nitrogens with one attached hydrogen (secondary N) is 1. The van der Waals surface area contributed by atoms with Crippen molar-refractivity contribution in [2.45, 2.75) is 38.2 Å². The van der Waals surface area contributed by atoms with Crippen LogP contribution in [0.5, 0.6) is 0 Å². The Morgan fingerprint density at radius 3 is 2.74 bits per heavy atom. The molecule has 0 bridgehead atoms. The maximum Gasteiger partial charge on any atom is 0.252 e. The Balaban J connectivity index is 1.39. The van der Waals surface area contributed by atoms with Crippen molar-refractivity contribution in [1.29, 1.82) is 0 Å². The van der Waals surface area contributed by atoms with Crippen LogP contribution in [0.4, 0.5) is 0 Å². The number of hydrogen-bond acceptors (Lipinski definition) is 5. The first-order valence-corrected chi connectivity index (χ1v) is 8.04. The van der Waals surface area contributed by atoms with E-state index in [4.69, 9.17) is 4.74 Å². The van der Waals surface area contributed by atoms with E-state index in [1.165, 1.54) is 25.7 Å².